The van der Waals surface area contributed by atoms with Crippen LogP contribution in [0.5, 0.6) is 0 Å². The zero-order valence-corrected chi connectivity index (χ0v) is 36.5. The van der Waals surface area contributed by atoms with Gasteiger partial charge in [-0.25, -0.2) is 15.0 Å². The van der Waals surface area contributed by atoms with E-state index in [0.29, 0.717) is 44.7 Å². The van der Waals surface area contributed by atoms with Crippen LogP contribution in [0.25, 0.3) is 11.2 Å². The molecule has 0 saturated carbocycles. The third kappa shape index (κ3) is 8.13. The van der Waals surface area contributed by atoms with E-state index in [-0.39, 0.29) is 5.65 Å². The molecule has 4 atom stereocenters. The zero-order chi connectivity index (χ0) is 45.9. The number of rotatable bonds is 15. The van der Waals surface area contributed by atoms with Gasteiger partial charge in [-0.1, -0.05) is 182 Å². The molecule has 0 unspecified atom stereocenters. The molecule has 1 aliphatic rings. The molecule has 11 nitrogen and oxygen atoms in total. The van der Waals surface area contributed by atoms with Crippen LogP contribution < -0.4 is 4.90 Å². The highest BCUT2D eigenvalue weighted by Crippen LogP contribution is 2.49. The normalized spacial score (nSPS) is 18.1. The molecule has 0 radical (unpaired) electrons. The van der Waals surface area contributed by atoms with E-state index >= 15 is 0 Å². The van der Waals surface area contributed by atoms with Crippen LogP contribution in [0.3, 0.4) is 0 Å². The molecule has 0 spiro atoms. The molecule has 8 aromatic rings. The number of anilines is 1. The second-order valence-corrected chi connectivity index (χ2v) is 17.5. The van der Waals surface area contributed by atoms with Crippen LogP contribution in [-0.2, 0) is 39.7 Å². The fraction of sp³-hybridized carbons (Fsp3) is 0.196. The summed E-state index contributed by atoms with van der Waals surface area (Å²) in [5.41, 5.74) is -4.42. The van der Waals surface area contributed by atoms with Gasteiger partial charge in [0.15, 0.2) is 23.2 Å². The van der Waals surface area contributed by atoms with Crippen molar-refractivity contribution in [2.75, 3.05) is 25.6 Å². The molecule has 0 bridgehead atoms. The summed E-state index contributed by atoms with van der Waals surface area (Å²) in [4.78, 5) is 15.4. The molecule has 3 heterocycles. The number of imidazole rings is 1. The van der Waals surface area contributed by atoms with E-state index in [4.69, 9.17) is 18.4 Å². The Kier molecular flexibility index (Phi) is 12.3. The fourth-order valence-corrected chi connectivity index (χ4v) is 9.40. The minimum absolute atomic E-state index is 0.239. The Labute approximate surface area is 380 Å². The van der Waals surface area contributed by atoms with Gasteiger partial charge in [0.1, 0.15) is 35.8 Å². The van der Waals surface area contributed by atoms with Gasteiger partial charge in [0.25, 0.3) is 0 Å². The van der Waals surface area contributed by atoms with Crippen LogP contribution in [0.1, 0.15) is 39.6 Å². The predicted molar refractivity (Wildman–Crippen MR) is 243 cm³/mol. The summed E-state index contributed by atoms with van der Waals surface area (Å²) in [6.45, 7) is -0.507. The molecule has 0 aliphatic carbocycles. The second-order valence-electron chi connectivity index (χ2n) is 15.9. The number of aromatic nitrogens is 4. The zero-order valence-electron chi connectivity index (χ0n) is 35.7. The van der Waals surface area contributed by atoms with Crippen LogP contribution in [0.15, 0.2) is 195 Å². The summed E-state index contributed by atoms with van der Waals surface area (Å²) in [6.07, 6.45) is -3.91. The van der Waals surface area contributed by atoms with E-state index in [1.165, 1.54) is 17.2 Å². The molecular formula is C51H44F3N5O6S. The molecule has 66 heavy (non-hydrogen) atoms. The number of benzene rings is 6. The lowest BCUT2D eigenvalue weighted by molar-refractivity contribution is -0.122. The number of fused-ring (bicyclic) bond motifs is 1. The van der Waals surface area contributed by atoms with E-state index in [0.717, 1.165) is 0 Å². The van der Waals surface area contributed by atoms with Crippen LogP contribution in [0.4, 0.5) is 19.0 Å². The third-order valence-corrected chi connectivity index (χ3v) is 12.7. The molecule has 336 valence electrons. The van der Waals surface area contributed by atoms with Gasteiger partial charge < -0.3 is 19.1 Å². The van der Waals surface area contributed by atoms with Crippen molar-refractivity contribution in [3.63, 3.8) is 0 Å². The van der Waals surface area contributed by atoms with E-state index < -0.39 is 58.0 Å². The van der Waals surface area contributed by atoms with Gasteiger partial charge in [0.2, 0.25) is 0 Å². The minimum atomic E-state index is -6.33. The van der Waals surface area contributed by atoms with Crippen molar-refractivity contribution < 1.29 is 40.0 Å². The van der Waals surface area contributed by atoms with Gasteiger partial charge in [-0.05, 0) is 33.4 Å². The Morgan fingerprint density at radius 1 is 0.591 bits per heavy atom. The average Bonchev–Trinajstić information content (AvgIpc) is 3.92. The first-order valence-electron chi connectivity index (χ1n) is 21.1. The Hall–Kier alpha value is -6.75. The van der Waals surface area contributed by atoms with E-state index in [1.807, 2.05) is 182 Å². The highest BCUT2D eigenvalue weighted by Gasteiger charge is 2.58. The van der Waals surface area contributed by atoms with Gasteiger partial charge in [-0.2, -0.15) is 21.6 Å². The number of hydrogen-bond acceptors (Lipinski definition) is 10. The van der Waals surface area contributed by atoms with Crippen LogP contribution in [0, 0.1) is 0 Å². The first kappa shape index (κ1) is 44.5. The molecule has 6 aromatic carbocycles. The molecule has 15 heteroatoms. The van der Waals surface area contributed by atoms with Crippen molar-refractivity contribution in [1.29, 1.82) is 0 Å². The number of alkyl halides is 3. The molecule has 1 fully saturated rings. The largest absolute Gasteiger partial charge is 0.523 e. The first-order valence-corrected chi connectivity index (χ1v) is 22.5. The number of nitrogens with zero attached hydrogens (tertiary/aromatic N) is 5. The maximum absolute atomic E-state index is 14.7. The number of hydrogen-bond donors (Lipinski definition) is 0. The summed E-state index contributed by atoms with van der Waals surface area (Å²) >= 11 is 0. The van der Waals surface area contributed by atoms with Crippen LogP contribution in [-0.4, -0.2) is 72.5 Å². The van der Waals surface area contributed by atoms with Crippen LogP contribution in [0.2, 0.25) is 0 Å². The maximum Gasteiger partial charge on any atom is 0.523 e. The summed E-state index contributed by atoms with van der Waals surface area (Å²) < 4.78 is 99.8. The monoisotopic (exact) mass is 911 g/mol. The van der Waals surface area contributed by atoms with E-state index in [1.54, 1.807) is 19.0 Å². The summed E-state index contributed by atoms with van der Waals surface area (Å²) in [7, 11) is -2.77. The van der Waals surface area contributed by atoms with Crippen LogP contribution >= 0.6 is 0 Å². The third-order valence-electron chi connectivity index (χ3n) is 11.7. The molecule has 0 N–H and O–H groups in total. The lowest BCUT2D eigenvalue weighted by Crippen LogP contribution is -2.48. The molecule has 0 amide bonds. The SMILES string of the molecule is CN(C)c1ncnc2c1ncn2[C@@H]1O[C@H](COC(c2ccccc2)(c2ccccc2)c2ccccc2)[C@@H](OS(=O)(=O)C(F)(F)F)[C@H]1OC(c1ccccc1)(c1ccccc1)c1ccccc1. The van der Waals surface area contributed by atoms with Crippen molar-refractivity contribution in [2.24, 2.45) is 0 Å². The van der Waals surface area contributed by atoms with E-state index in [9.17, 15) is 21.6 Å². The van der Waals surface area contributed by atoms with Gasteiger partial charge in [-0.3, -0.25) is 8.75 Å². The quantitative estimate of drug-likeness (QED) is 0.0560. The Morgan fingerprint density at radius 2 is 1.00 bits per heavy atom. The summed E-state index contributed by atoms with van der Waals surface area (Å²) in [5.74, 6) is 0.451. The topological polar surface area (TPSA) is 118 Å². The van der Waals surface area contributed by atoms with Gasteiger partial charge in [0.05, 0.1) is 12.9 Å². The molecular weight excluding hydrogens is 868 g/mol. The van der Waals surface area contributed by atoms with Crippen molar-refractivity contribution in [3.8, 4) is 0 Å². The van der Waals surface area contributed by atoms with Crippen molar-refractivity contribution in [2.45, 2.75) is 41.3 Å². The standard InChI is InChI=1S/C51H44F3N5O6S/c1-58(2)46-43-47(56-34-55-46)59(35-57-43)48-45(64-50(39-27-15-6-16-28-39,40-29-17-7-18-30-40)41-31-19-8-20-32-41)44(65-66(60,61)51(52,53)54)42(63-48)33-62-49(36-21-9-3-10-22-36,37-23-11-4-12-24-37)38-25-13-5-14-26-38/h3-32,34-35,42,44-45,48H,33H2,1-2H3/t42-,44-,45-,48-/m1/s1. The fourth-order valence-electron chi connectivity index (χ4n) is 8.76. The van der Waals surface area contributed by atoms with Crippen molar-refractivity contribution in [1.82, 2.24) is 19.5 Å². The highest BCUT2D eigenvalue weighted by atomic mass is 32.2. The first-order chi connectivity index (χ1) is 31.9. The molecule has 1 aliphatic heterocycles. The lowest BCUT2D eigenvalue weighted by atomic mass is 9.79. The highest BCUT2D eigenvalue weighted by molar-refractivity contribution is 7.87. The Balaban J connectivity index is 1.28. The summed E-state index contributed by atoms with van der Waals surface area (Å²) in [5, 5.41) is 0. The Morgan fingerprint density at radius 3 is 1.39 bits per heavy atom. The Bertz CT molecular complexity index is 2780. The molecule has 2 aromatic heterocycles. The average molecular weight is 912 g/mol. The molecule has 1 saturated heterocycles. The van der Waals surface area contributed by atoms with Gasteiger partial charge in [-0.15, -0.1) is 0 Å². The van der Waals surface area contributed by atoms with Gasteiger partial charge >= 0.3 is 15.6 Å². The number of ether oxygens (including phenoxy) is 3. The van der Waals surface area contributed by atoms with Crippen molar-refractivity contribution >= 4 is 27.1 Å². The van der Waals surface area contributed by atoms with E-state index in [2.05, 4.69) is 15.0 Å². The summed E-state index contributed by atoms with van der Waals surface area (Å²) in [6, 6.07) is 55.5. The molecule has 9 rings (SSSR count). The lowest BCUT2D eigenvalue weighted by Gasteiger charge is -2.40. The predicted octanol–water partition coefficient (Wildman–Crippen LogP) is 9.41. The second kappa shape index (κ2) is 18.3. The maximum atomic E-state index is 14.7. The smallest absolute Gasteiger partial charge is 0.361 e. The van der Waals surface area contributed by atoms with Crippen molar-refractivity contribution in [3.05, 3.63) is 228 Å². The number of halogens is 3. The minimum Gasteiger partial charge on any atom is -0.361 e. The van der Waals surface area contributed by atoms with Gasteiger partial charge in [0, 0.05) is 14.1 Å².